The largest absolute Gasteiger partial charge is 0.380 e. The first kappa shape index (κ1) is 9.97. The predicted octanol–water partition coefficient (Wildman–Crippen LogP) is 2.02. The molecule has 0 fully saturated rings. The maximum absolute atomic E-state index is 12.7. The number of rotatable bonds is 1. The van der Waals surface area contributed by atoms with Crippen molar-refractivity contribution in [1.29, 1.82) is 0 Å². The Bertz CT molecular complexity index is 486. The third kappa shape index (κ3) is 2.10. The third-order valence-corrected chi connectivity index (χ3v) is 2.14. The number of hydrogen-bond donors (Lipinski definition) is 1. The molecule has 6 heteroatoms. The SMILES string of the molecule is Nc1nnc(Br)nc1-c1ccc(F)cc1. The van der Waals surface area contributed by atoms with Crippen LogP contribution in [0, 0.1) is 5.82 Å². The first-order valence-corrected chi connectivity index (χ1v) is 4.88. The van der Waals surface area contributed by atoms with Crippen LogP contribution in [0.1, 0.15) is 0 Å². The summed E-state index contributed by atoms with van der Waals surface area (Å²) in [6.45, 7) is 0. The second-order valence-electron chi connectivity index (χ2n) is 2.82. The summed E-state index contributed by atoms with van der Waals surface area (Å²) in [6.07, 6.45) is 0. The predicted molar refractivity (Wildman–Crippen MR) is 57.3 cm³/mol. The lowest BCUT2D eigenvalue weighted by atomic mass is 10.1. The molecule has 1 aromatic carbocycles. The minimum Gasteiger partial charge on any atom is -0.380 e. The minimum absolute atomic E-state index is 0.213. The molecule has 1 aromatic heterocycles. The molecule has 2 rings (SSSR count). The van der Waals surface area contributed by atoms with Crippen LogP contribution in [0.5, 0.6) is 0 Å². The van der Waals surface area contributed by atoms with Gasteiger partial charge < -0.3 is 5.73 Å². The zero-order chi connectivity index (χ0) is 10.8. The highest BCUT2D eigenvalue weighted by atomic mass is 79.9. The molecule has 0 bridgehead atoms. The molecule has 4 nitrogen and oxygen atoms in total. The van der Waals surface area contributed by atoms with Crippen molar-refractivity contribution in [3.8, 4) is 11.3 Å². The average molecular weight is 269 g/mol. The fraction of sp³-hybridized carbons (Fsp3) is 0. The molecule has 0 radical (unpaired) electrons. The monoisotopic (exact) mass is 268 g/mol. The molecule has 0 saturated carbocycles. The molecule has 0 aliphatic carbocycles. The summed E-state index contributed by atoms with van der Waals surface area (Å²) in [6, 6.07) is 5.85. The van der Waals surface area contributed by atoms with Crippen molar-refractivity contribution in [3.05, 3.63) is 34.8 Å². The van der Waals surface area contributed by atoms with Gasteiger partial charge in [0, 0.05) is 5.56 Å². The molecule has 2 aromatic rings. The molecule has 0 unspecified atom stereocenters. The van der Waals surface area contributed by atoms with E-state index in [2.05, 4.69) is 31.1 Å². The van der Waals surface area contributed by atoms with Crippen LogP contribution in [0.3, 0.4) is 0 Å². The summed E-state index contributed by atoms with van der Waals surface area (Å²) in [5, 5.41) is 7.34. The first-order chi connectivity index (χ1) is 7.16. The number of benzene rings is 1. The Hall–Kier alpha value is -1.56. The van der Waals surface area contributed by atoms with Crippen molar-refractivity contribution in [1.82, 2.24) is 15.2 Å². The number of anilines is 1. The zero-order valence-corrected chi connectivity index (χ0v) is 9.07. The van der Waals surface area contributed by atoms with E-state index in [-0.39, 0.29) is 11.6 Å². The van der Waals surface area contributed by atoms with Crippen LogP contribution in [0.15, 0.2) is 29.0 Å². The van der Waals surface area contributed by atoms with Crippen LogP contribution >= 0.6 is 15.9 Å². The van der Waals surface area contributed by atoms with Crippen molar-refractivity contribution in [2.24, 2.45) is 0 Å². The Kier molecular flexibility index (Phi) is 2.59. The van der Waals surface area contributed by atoms with Crippen LogP contribution < -0.4 is 5.73 Å². The maximum Gasteiger partial charge on any atom is 0.218 e. The molecule has 1 heterocycles. The van der Waals surface area contributed by atoms with Crippen LogP contribution in [-0.2, 0) is 0 Å². The number of nitrogens with zero attached hydrogens (tertiary/aromatic N) is 3. The summed E-state index contributed by atoms with van der Waals surface area (Å²) < 4.78 is 13.0. The highest BCUT2D eigenvalue weighted by molar-refractivity contribution is 9.10. The molecule has 0 saturated heterocycles. The second-order valence-corrected chi connectivity index (χ2v) is 3.53. The molecular weight excluding hydrogens is 263 g/mol. The number of nitrogen functional groups attached to an aromatic ring is 1. The topological polar surface area (TPSA) is 64.7 Å². The van der Waals surface area contributed by atoms with Gasteiger partial charge in [-0.2, -0.15) is 0 Å². The molecule has 0 spiro atoms. The highest BCUT2D eigenvalue weighted by Gasteiger charge is 2.07. The number of hydrogen-bond acceptors (Lipinski definition) is 4. The maximum atomic E-state index is 12.7. The van der Waals surface area contributed by atoms with Crippen molar-refractivity contribution in [2.45, 2.75) is 0 Å². The molecule has 76 valence electrons. The van der Waals surface area contributed by atoms with Gasteiger partial charge in [0.1, 0.15) is 11.5 Å². The van der Waals surface area contributed by atoms with Crippen molar-refractivity contribution >= 4 is 21.7 Å². The van der Waals surface area contributed by atoms with E-state index in [0.29, 0.717) is 16.0 Å². The highest BCUT2D eigenvalue weighted by Crippen LogP contribution is 2.22. The molecule has 15 heavy (non-hydrogen) atoms. The number of aromatic nitrogens is 3. The Labute approximate surface area is 93.5 Å². The average Bonchev–Trinajstić information content (AvgIpc) is 2.23. The Balaban J connectivity index is 2.53. The second kappa shape index (κ2) is 3.90. The number of nitrogens with two attached hydrogens (primary N) is 1. The van der Waals surface area contributed by atoms with E-state index in [1.165, 1.54) is 12.1 Å². The van der Waals surface area contributed by atoms with Crippen molar-refractivity contribution in [2.75, 3.05) is 5.73 Å². The van der Waals surface area contributed by atoms with E-state index >= 15 is 0 Å². The van der Waals surface area contributed by atoms with Gasteiger partial charge in [-0.25, -0.2) is 9.37 Å². The van der Waals surface area contributed by atoms with Gasteiger partial charge in [-0.15, -0.1) is 10.2 Å². The van der Waals surface area contributed by atoms with Gasteiger partial charge >= 0.3 is 0 Å². The lowest BCUT2D eigenvalue weighted by Crippen LogP contribution is -2.00. The van der Waals surface area contributed by atoms with Gasteiger partial charge in [0.05, 0.1) is 0 Å². The first-order valence-electron chi connectivity index (χ1n) is 4.08. The molecule has 0 aliphatic heterocycles. The third-order valence-electron chi connectivity index (χ3n) is 1.80. The van der Waals surface area contributed by atoms with Crippen LogP contribution in [0.25, 0.3) is 11.3 Å². The van der Waals surface area contributed by atoms with Gasteiger partial charge in [-0.1, -0.05) is 0 Å². The van der Waals surface area contributed by atoms with Gasteiger partial charge in [0.15, 0.2) is 5.82 Å². The van der Waals surface area contributed by atoms with E-state index in [0.717, 1.165) is 0 Å². The summed E-state index contributed by atoms with van der Waals surface area (Å²) >= 11 is 3.09. The summed E-state index contributed by atoms with van der Waals surface area (Å²) in [4.78, 5) is 4.07. The summed E-state index contributed by atoms with van der Waals surface area (Å²) in [5.74, 6) is -0.0942. The van der Waals surface area contributed by atoms with Gasteiger partial charge in [-0.3, -0.25) is 0 Å². The molecule has 0 atom stereocenters. The number of halogens is 2. The quantitative estimate of drug-likeness (QED) is 0.860. The minimum atomic E-state index is -0.307. The lowest BCUT2D eigenvalue weighted by Gasteiger charge is -2.02. The van der Waals surface area contributed by atoms with Crippen LogP contribution in [-0.4, -0.2) is 15.2 Å². The normalized spacial score (nSPS) is 10.3. The van der Waals surface area contributed by atoms with Gasteiger partial charge in [0.2, 0.25) is 4.73 Å². The molecule has 2 N–H and O–H groups in total. The van der Waals surface area contributed by atoms with E-state index < -0.39 is 0 Å². The summed E-state index contributed by atoms with van der Waals surface area (Å²) in [5.41, 5.74) is 6.79. The van der Waals surface area contributed by atoms with Crippen molar-refractivity contribution in [3.63, 3.8) is 0 Å². The Morgan fingerprint density at radius 2 is 1.80 bits per heavy atom. The molecular formula is C9H6BrFN4. The molecule has 0 aliphatic rings. The van der Waals surface area contributed by atoms with Crippen molar-refractivity contribution < 1.29 is 4.39 Å². The van der Waals surface area contributed by atoms with E-state index in [4.69, 9.17) is 5.73 Å². The van der Waals surface area contributed by atoms with E-state index in [9.17, 15) is 4.39 Å². The zero-order valence-electron chi connectivity index (χ0n) is 7.48. The van der Waals surface area contributed by atoms with Crippen LogP contribution in [0.2, 0.25) is 0 Å². The van der Waals surface area contributed by atoms with Gasteiger partial charge in [0.25, 0.3) is 0 Å². The standard InChI is InChI=1S/C9H6BrFN4/c10-9-13-7(8(12)14-15-9)5-1-3-6(11)4-2-5/h1-4H,(H2,12,14). The lowest BCUT2D eigenvalue weighted by molar-refractivity contribution is 0.628. The fourth-order valence-electron chi connectivity index (χ4n) is 1.13. The Morgan fingerprint density at radius 3 is 2.47 bits per heavy atom. The fourth-order valence-corrected chi connectivity index (χ4v) is 1.39. The van der Waals surface area contributed by atoms with Gasteiger partial charge in [-0.05, 0) is 40.2 Å². The van der Waals surface area contributed by atoms with Crippen LogP contribution in [0.4, 0.5) is 10.2 Å². The van der Waals surface area contributed by atoms with E-state index in [1.807, 2.05) is 0 Å². The Morgan fingerprint density at radius 1 is 1.13 bits per heavy atom. The molecule has 0 amide bonds. The van der Waals surface area contributed by atoms with E-state index in [1.54, 1.807) is 12.1 Å². The summed E-state index contributed by atoms with van der Waals surface area (Å²) in [7, 11) is 0. The smallest absolute Gasteiger partial charge is 0.218 e.